The molecule has 2 rings (SSSR count). The Kier molecular flexibility index (Phi) is 3.18. The Balaban J connectivity index is 2.24. The molecule has 3 nitrogen and oxygen atoms in total. The number of nitrogens with one attached hydrogen (secondary N) is 2. The van der Waals surface area contributed by atoms with Gasteiger partial charge in [-0.3, -0.25) is 0 Å². The van der Waals surface area contributed by atoms with Crippen LogP contribution in [0.1, 0.15) is 11.6 Å². The first kappa shape index (κ1) is 10.4. The van der Waals surface area contributed by atoms with Crippen LogP contribution in [-0.2, 0) is 0 Å². The first-order chi connectivity index (χ1) is 7.31. The number of rotatable bonds is 2. The molecule has 4 heteroatoms. The minimum absolute atomic E-state index is 0.0360. The molecule has 1 atom stereocenters. The molecule has 0 radical (unpaired) electrons. The van der Waals surface area contributed by atoms with Crippen LogP contribution in [0.3, 0.4) is 0 Å². The fourth-order valence-corrected chi connectivity index (χ4v) is 1.79. The zero-order valence-electron chi connectivity index (χ0n) is 8.72. The van der Waals surface area contributed by atoms with E-state index in [0.717, 1.165) is 19.6 Å². The van der Waals surface area contributed by atoms with Gasteiger partial charge in [0.05, 0.1) is 7.11 Å². The van der Waals surface area contributed by atoms with Gasteiger partial charge in [0.1, 0.15) is 11.6 Å². The van der Waals surface area contributed by atoms with E-state index in [2.05, 4.69) is 10.6 Å². The van der Waals surface area contributed by atoms with Gasteiger partial charge in [-0.25, -0.2) is 4.39 Å². The topological polar surface area (TPSA) is 33.3 Å². The van der Waals surface area contributed by atoms with Gasteiger partial charge in [0, 0.05) is 31.2 Å². The number of hydrogen-bond acceptors (Lipinski definition) is 3. The minimum Gasteiger partial charge on any atom is -0.497 e. The lowest BCUT2D eigenvalue weighted by molar-refractivity contribution is 0.399. The number of halogens is 1. The Morgan fingerprint density at radius 1 is 1.40 bits per heavy atom. The molecule has 0 aromatic heterocycles. The molecule has 1 heterocycles. The molecular weight excluding hydrogens is 195 g/mol. The van der Waals surface area contributed by atoms with Crippen molar-refractivity contribution in [2.75, 3.05) is 26.7 Å². The number of piperazine rings is 1. The van der Waals surface area contributed by atoms with Crippen LogP contribution in [0.4, 0.5) is 4.39 Å². The number of benzene rings is 1. The SMILES string of the molecule is COc1ccc(F)c([C@H]2CNCCN2)c1. The van der Waals surface area contributed by atoms with Crippen LogP contribution >= 0.6 is 0 Å². The van der Waals surface area contributed by atoms with Crippen LogP contribution in [0, 0.1) is 5.82 Å². The quantitative estimate of drug-likeness (QED) is 0.766. The summed E-state index contributed by atoms with van der Waals surface area (Å²) in [5.41, 5.74) is 0.668. The molecule has 82 valence electrons. The van der Waals surface area contributed by atoms with Gasteiger partial charge < -0.3 is 15.4 Å². The molecule has 1 aliphatic rings. The monoisotopic (exact) mass is 210 g/mol. The molecular formula is C11H15FN2O. The molecule has 2 N–H and O–H groups in total. The molecule has 0 bridgehead atoms. The fourth-order valence-electron chi connectivity index (χ4n) is 1.79. The van der Waals surface area contributed by atoms with Crippen LogP contribution in [0.2, 0.25) is 0 Å². The predicted molar refractivity (Wildman–Crippen MR) is 56.6 cm³/mol. The molecule has 0 amide bonds. The summed E-state index contributed by atoms with van der Waals surface area (Å²) in [6.45, 7) is 2.55. The Labute approximate surface area is 88.6 Å². The zero-order chi connectivity index (χ0) is 10.7. The third kappa shape index (κ3) is 2.27. The van der Waals surface area contributed by atoms with E-state index in [0.29, 0.717) is 11.3 Å². The maximum absolute atomic E-state index is 13.6. The molecule has 0 unspecified atom stereocenters. The second-order valence-electron chi connectivity index (χ2n) is 3.60. The molecule has 0 saturated carbocycles. The van der Waals surface area contributed by atoms with Gasteiger partial charge in [-0.1, -0.05) is 0 Å². The molecule has 1 aromatic carbocycles. The van der Waals surface area contributed by atoms with Gasteiger partial charge >= 0.3 is 0 Å². The Hall–Kier alpha value is -1.13. The Bertz CT molecular complexity index is 337. The summed E-state index contributed by atoms with van der Waals surface area (Å²) in [4.78, 5) is 0. The maximum atomic E-state index is 13.6. The smallest absolute Gasteiger partial charge is 0.128 e. The molecule has 0 aliphatic carbocycles. The van der Waals surface area contributed by atoms with Crippen LogP contribution < -0.4 is 15.4 Å². The van der Waals surface area contributed by atoms with Gasteiger partial charge in [-0.05, 0) is 18.2 Å². The van der Waals surface area contributed by atoms with Crippen molar-refractivity contribution < 1.29 is 9.13 Å². The summed E-state index contributed by atoms with van der Waals surface area (Å²) in [5, 5.41) is 6.50. The van der Waals surface area contributed by atoms with Crippen molar-refractivity contribution in [3.05, 3.63) is 29.6 Å². The third-order valence-electron chi connectivity index (χ3n) is 2.62. The lowest BCUT2D eigenvalue weighted by Crippen LogP contribution is -2.42. The molecule has 0 spiro atoms. The molecule has 1 saturated heterocycles. The van der Waals surface area contributed by atoms with Crippen molar-refractivity contribution in [2.24, 2.45) is 0 Å². The summed E-state index contributed by atoms with van der Waals surface area (Å²) < 4.78 is 18.7. The second kappa shape index (κ2) is 4.59. The number of hydrogen-bond donors (Lipinski definition) is 2. The Morgan fingerprint density at radius 3 is 2.93 bits per heavy atom. The number of methoxy groups -OCH3 is 1. The predicted octanol–water partition coefficient (Wildman–Crippen LogP) is 1.07. The van der Waals surface area contributed by atoms with E-state index in [4.69, 9.17) is 4.74 Å². The van der Waals surface area contributed by atoms with E-state index >= 15 is 0 Å². The van der Waals surface area contributed by atoms with Crippen LogP contribution in [-0.4, -0.2) is 26.7 Å². The summed E-state index contributed by atoms with van der Waals surface area (Å²) >= 11 is 0. The van der Waals surface area contributed by atoms with Crippen LogP contribution in [0.15, 0.2) is 18.2 Å². The van der Waals surface area contributed by atoms with Gasteiger partial charge in [0.15, 0.2) is 0 Å². The van der Waals surface area contributed by atoms with Crippen molar-refractivity contribution in [1.82, 2.24) is 10.6 Å². The van der Waals surface area contributed by atoms with Gasteiger partial charge in [-0.2, -0.15) is 0 Å². The normalized spacial score (nSPS) is 21.3. The van der Waals surface area contributed by atoms with Crippen LogP contribution in [0.25, 0.3) is 0 Å². The van der Waals surface area contributed by atoms with Crippen molar-refractivity contribution in [1.29, 1.82) is 0 Å². The van der Waals surface area contributed by atoms with E-state index in [9.17, 15) is 4.39 Å². The average molecular weight is 210 g/mol. The fraction of sp³-hybridized carbons (Fsp3) is 0.455. The van der Waals surface area contributed by atoms with Crippen LogP contribution in [0.5, 0.6) is 5.75 Å². The lowest BCUT2D eigenvalue weighted by Gasteiger charge is -2.25. The largest absolute Gasteiger partial charge is 0.497 e. The number of ether oxygens (including phenoxy) is 1. The highest BCUT2D eigenvalue weighted by molar-refractivity contribution is 5.32. The summed E-state index contributed by atoms with van der Waals surface area (Å²) in [7, 11) is 1.59. The van der Waals surface area contributed by atoms with E-state index < -0.39 is 0 Å². The highest BCUT2D eigenvalue weighted by Gasteiger charge is 2.18. The van der Waals surface area contributed by atoms with Gasteiger partial charge in [0.2, 0.25) is 0 Å². The zero-order valence-corrected chi connectivity index (χ0v) is 8.72. The van der Waals surface area contributed by atoms with Crippen molar-refractivity contribution in [2.45, 2.75) is 6.04 Å². The first-order valence-electron chi connectivity index (χ1n) is 5.09. The first-order valence-corrected chi connectivity index (χ1v) is 5.09. The van der Waals surface area contributed by atoms with Crippen molar-refractivity contribution >= 4 is 0 Å². The molecule has 1 aromatic rings. The maximum Gasteiger partial charge on any atom is 0.128 e. The standard InChI is InChI=1S/C11H15FN2O/c1-15-8-2-3-10(12)9(6-8)11-7-13-4-5-14-11/h2-3,6,11,13-14H,4-5,7H2,1H3/t11-/m1/s1. The highest BCUT2D eigenvalue weighted by atomic mass is 19.1. The summed E-state index contributed by atoms with van der Waals surface area (Å²) in [6, 6.07) is 4.87. The summed E-state index contributed by atoms with van der Waals surface area (Å²) in [5.74, 6) is 0.510. The lowest BCUT2D eigenvalue weighted by atomic mass is 10.0. The highest BCUT2D eigenvalue weighted by Crippen LogP contribution is 2.22. The molecule has 1 aliphatic heterocycles. The minimum atomic E-state index is -0.183. The second-order valence-corrected chi connectivity index (χ2v) is 3.60. The Morgan fingerprint density at radius 2 is 2.27 bits per heavy atom. The third-order valence-corrected chi connectivity index (χ3v) is 2.62. The van der Waals surface area contributed by atoms with Gasteiger partial charge in [-0.15, -0.1) is 0 Å². The van der Waals surface area contributed by atoms with Crippen molar-refractivity contribution in [3.8, 4) is 5.75 Å². The molecule has 15 heavy (non-hydrogen) atoms. The average Bonchev–Trinajstić information content (AvgIpc) is 2.31. The van der Waals surface area contributed by atoms with E-state index in [1.807, 2.05) is 0 Å². The van der Waals surface area contributed by atoms with E-state index in [1.165, 1.54) is 6.07 Å². The summed E-state index contributed by atoms with van der Waals surface area (Å²) in [6.07, 6.45) is 0. The van der Waals surface area contributed by atoms with Gasteiger partial charge in [0.25, 0.3) is 0 Å². The van der Waals surface area contributed by atoms with E-state index in [-0.39, 0.29) is 11.9 Å². The van der Waals surface area contributed by atoms with Crippen molar-refractivity contribution in [3.63, 3.8) is 0 Å². The van der Waals surface area contributed by atoms with E-state index in [1.54, 1.807) is 19.2 Å². The molecule has 1 fully saturated rings.